The first-order valence-corrected chi connectivity index (χ1v) is 10.4. The van der Waals surface area contributed by atoms with Crippen LogP contribution in [-0.4, -0.2) is 30.0 Å². The number of hydrogen-bond acceptors (Lipinski definition) is 7. The van der Waals surface area contributed by atoms with Crippen molar-refractivity contribution in [3.63, 3.8) is 0 Å². The Kier molecular flexibility index (Phi) is 7.77. The van der Waals surface area contributed by atoms with Gasteiger partial charge in [-0.15, -0.1) is 11.3 Å². The van der Waals surface area contributed by atoms with Gasteiger partial charge in [0.2, 0.25) is 0 Å². The number of carbonyl (C=O) groups excluding carboxylic acids is 1. The summed E-state index contributed by atoms with van der Waals surface area (Å²) in [5.74, 6) is 0.190. The molecule has 0 aliphatic rings. The van der Waals surface area contributed by atoms with Gasteiger partial charge in [-0.1, -0.05) is 32.9 Å². The average molecular weight is 430 g/mol. The lowest BCUT2D eigenvalue weighted by atomic mass is 10.1. The Morgan fingerprint density at radius 3 is 2.27 bits per heavy atom. The summed E-state index contributed by atoms with van der Waals surface area (Å²) >= 11 is 1.53. The molecule has 0 aliphatic heterocycles. The Labute approximate surface area is 179 Å². The third-order valence-corrected chi connectivity index (χ3v) is 4.74. The summed E-state index contributed by atoms with van der Waals surface area (Å²) in [7, 11) is 3.15. The number of nitrogens with one attached hydrogen (secondary N) is 2. The molecule has 0 aliphatic carbocycles. The average Bonchev–Trinajstić information content (AvgIpc) is 3.20. The van der Waals surface area contributed by atoms with Crippen molar-refractivity contribution in [2.75, 3.05) is 24.7 Å². The summed E-state index contributed by atoms with van der Waals surface area (Å²) in [5, 5.41) is 18.0. The van der Waals surface area contributed by atoms with E-state index in [4.69, 9.17) is 0 Å². The zero-order chi connectivity index (χ0) is 22.4. The Hall–Kier alpha value is -3.13. The zero-order valence-corrected chi connectivity index (χ0v) is 18.6. The lowest BCUT2D eigenvalue weighted by molar-refractivity contribution is 0.0824. The molecule has 160 valence electrons. The van der Waals surface area contributed by atoms with Gasteiger partial charge in [0.1, 0.15) is 11.4 Å². The van der Waals surface area contributed by atoms with Crippen LogP contribution in [0, 0.1) is 5.92 Å². The highest BCUT2D eigenvalue weighted by atomic mass is 32.1. The number of thiophene rings is 1. The molecule has 0 fully saturated rings. The number of phenols is 1. The second-order valence-corrected chi connectivity index (χ2v) is 8.63. The van der Waals surface area contributed by atoms with Gasteiger partial charge >= 0.3 is 0 Å². The number of para-hydroxylation sites is 1. The first-order chi connectivity index (χ1) is 14.1. The van der Waals surface area contributed by atoms with Gasteiger partial charge in [-0.2, -0.15) is 0 Å². The van der Waals surface area contributed by atoms with Crippen molar-refractivity contribution in [3.05, 3.63) is 66.6 Å². The van der Waals surface area contributed by atoms with Gasteiger partial charge in [0.25, 0.3) is 16.8 Å². The smallest absolute Gasteiger partial charge is 0.257 e. The lowest BCUT2D eigenvalue weighted by Gasteiger charge is -2.17. The van der Waals surface area contributed by atoms with Gasteiger partial charge < -0.3 is 20.6 Å². The molecule has 3 N–H and O–H groups in total. The van der Waals surface area contributed by atoms with Crippen molar-refractivity contribution in [3.8, 4) is 5.75 Å². The van der Waals surface area contributed by atoms with Crippen molar-refractivity contribution in [1.29, 1.82) is 0 Å². The zero-order valence-electron chi connectivity index (χ0n) is 17.8. The molecule has 7 nitrogen and oxygen atoms in total. The summed E-state index contributed by atoms with van der Waals surface area (Å²) in [5.41, 5.74) is -0.731. The van der Waals surface area contributed by atoms with E-state index in [1.165, 1.54) is 28.4 Å². The number of phenolic OH excluding ortho intramolecular Hbond substituents is 1. The maximum atomic E-state index is 12.1. The van der Waals surface area contributed by atoms with Crippen LogP contribution in [0.4, 0.5) is 17.1 Å². The fraction of sp³-hybridized carbons (Fsp3) is 0.318. The van der Waals surface area contributed by atoms with E-state index in [2.05, 4.69) is 31.4 Å². The van der Waals surface area contributed by atoms with Crippen LogP contribution in [0.1, 0.15) is 36.0 Å². The molecule has 0 radical (unpaired) electrons. The van der Waals surface area contributed by atoms with Gasteiger partial charge in [0.15, 0.2) is 5.75 Å². The Bertz CT molecular complexity index is 1060. The maximum Gasteiger partial charge on any atom is 0.257 e. The molecular weight excluding hydrogens is 402 g/mol. The minimum atomic E-state index is -0.664. The Morgan fingerprint density at radius 1 is 1.07 bits per heavy atom. The number of rotatable bonds is 6. The van der Waals surface area contributed by atoms with E-state index in [0.717, 1.165) is 10.8 Å². The van der Waals surface area contributed by atoms with Crippen LogP contribution in [0.2, 0.25) is 0 Å². The van der Waals surface area contributed by atoms with Crippen molar-refractivity contribution >= 4 is 34.3 Å². The fourth-order valence-electron chi connectivity index (χ4n) is 2.46. The molecule has 0 saturated carbocycles. The second-order valence-electron chi connectivity index (χ2n) is 7.60. The van der Waals surface area contributed by atoms with E-state index in [9.17, 15) is 19.5 Å². The van der Waals surface area contributed by atoms with Crippen LogP contribution in [-0.2, 0) is 6.54 Å². The van der Waals surface area contributed by atoms with E-state index in [1.807, 2.05) is 17.5 Å². The monoisotopic (exact) mass is 429 g/mol. The lowest BCUT2D eigenvalue weighted by Crippen LogP contribution is -2.36. The number of carbonyl (C=O) groups is 1. The van der Waals surface area contributed by atoms with E-state index in [1.54, 1.807) is 20.2 Å². The summed E-state index contributed by atoms with van der Waals surface area (Å²) in [6, 6.07) is 8.42. The van der Waals surface area contributed by atoms with Crippen LogP contribution in [0.3, 0.4) is 0 Å². The number of amides is 1. The number of benzene rings is 1. The van der Waals surface area contributed by atoms with Gasteiger partial charge in [0.05, 0.1) is 11.3 Å². The predicted octanol–water partition coefficient (Wildman–Crippen LogP) is 3.77. The molecule has 3 rings (SSSR count). The molecular formula is C22H27N3O4S. The molecule has 30 heavy (non-hydrogen) atoms. The first kappa shape index (κ1) is 23.2. The second kappa shape index (κ2) is 10.1. The van der Waals surface area contributed by atoms with Crippen LogP contribution in [0.15, 0.2) is 45.3 Å². The molecule has 0 atom stereocenters. The van der Waals surface area contributed by atoms with Crippen LogP contribution >= 0.6 is 11.3 Å². The summed E-state index contributed by atoms with van der Waals surface area (Å²) < 4.78 is 0. The van der Waals surface area contributed by atoms with Crippen molar-refractivity contribution in [2.24, 2.45) is 5.92 Å². The highest BCUT2D eigenvalue weighted by molar-refractivity contribution is 7.09. The molecule has 0 unspecified atom stereocenters. The van der Waals surface area contributed by atoms with Crippen molar-refractivity contribution in [1.82, 2.24) is 4.90 Å². The van der Waals surface area contributed by atoms with Gasteiger partial charge in [0, 0.05) is 25.5 Å². The van der Waals surface area contributed by atoms with Crippen LogP contribution < -0.4 is 21.5 Å². The summed E-state index contributed by atoms with van der Waals surface area (Å²) in [6.45, 7) is 6.92. The standard InChI is InChI=1S/C18H17N3O4S.C4H10/c1-21(2)18(25)11-6-3-7-12(15(11)22)20-14-13(16(23)17(14)24)19-9-10-5-4-8-26-10;1-4(2)3/h3-8,19-20,22H,9H2,1-2H3;4H,1-3H3. The van der Waals surface area contributed by atoms with E-state index < -0.39 is 10.9 Å². The molecule has 1 amide bonds. The molecule has 0 saturated heterocycles. The molecule has 1 heterocycles. The van der Waals surface area contributed by atoms with E-state index >= 15 is 0 Å². The molecule has 0 bridgehead atoms. The summed E-state index contributed by atoms with van der Waals surface area (Å²) in [6.07, 6.45) is 0. The molecule has 8 heteroatoms. The van der Waals surface area contributed by atoms with E-state index in [-0.39, 0.29) is 34.3 Å². The molecule has 1 aromatic heterocycles. The number of hydrogen-bond donors (Lipinski definition) is 3. The van der Waals surface area contributed by atoms with Gasteiger partial charge in [-0.25, -0.2) is 0 Å². The van der Waals surface area contributed by atoms with Crippen LogP contribution in [0.25, 0.3) is 0 Å². The van der Waals surface area contributed by atoms with Gasteiger partial charge in [-0.3, -0.25) is 14.4 Å². The maximum absolute atomic E-state index is 12.1. The van der Waals surface area contributed by atoms with Crippen LogP contribution in [0.5, 0.6) is 5.75 Å². The minimum absolute atomic E-state index is 0.0799. The highest BCUT2D eigenvalue weighted by Crippen LogP contribution is 2.32. The third-order valence-electron chi connectivity index (χ3n) is 3.86. The molecule has 3 aromatic rings. The number of aromatic hydroxyl groups is 1. The normalized spacial score (nSPS) is 10.5. The SMILES string of the molecule is CC(C)C.CN(C)C(=O)c1cccc(Nc2c(NCc3cccs3)c(=O)c2=O)c1O. The van der Waals surface area contributed by atoms with Crippen molar-refractivity contribution in [2.45, 2.75) is 27.3 Å². The number of nitrogens with zero attached hydrogens (tertiary/aromatic N) is 1. The van der Waals surface area contributed by atoms with E-state index in [0.29, 0.717) is 6.54 Å². The first-order valence-electron chi connectivity index (χ1n) is 9.53. The molecule has 2 aromatic carbocycles. The largest absolute Gasteiger partial charge is 0.505 e. The minimum Gasteiger partial charge on any atom is -0.505 e. The quantitative estimate of drug-likeness (QED) is 0.408. The predicted molar refractivity (Wildman–Crippen MR) is 123 cm³/mol. The fourth-order valence-corrected chi connectivity index (χ4v) is 3.11. The number of anilines is 3. The van der Waals surface area contributed by atoms with Crippen molar-refractivity contribution < 1.29 is 9.90 Å². The Balaban J connectivity index is 0.000000735. The highest BCUT2D eigenvalue weighted by Gasteiger charge is 2.23. The summed E-state index contributed by atoms with van der Waals surface area (Å²) in [4.78, 5) is 38.2. The topological polar surface area (TPSA) is 98.7 Å². The molecule has 0 spiro atoms. The third kappa shape index (κ3) is 5.48. The Morgan fingerprint density at radius 2 is 1.70 bits per heavy atom. The van der Waals surface area contributed by atoms with Gasteiger partial charge in [-0.05, 0) is 29.5 Å².